The summed E-state index contributed by atoms with van der Waals surface area (Å²) in [4.78, 5) is 4.28. The fraction of sp³-hybridized carbons (Fsp3) is 0.211. The van der Waals surface area contributed by atoms with Gasteiger partial charge in [-0.2, -0.15) is 0 Å². The summed E-state index contributed by atoms with van der Waals surface area (Å²) < 4.78 is 13.6. The van der Waals surface area contributed by atoms with Gasteiger partial charge in [0, 0.05) is 5.41 Å². The Hall–Kier alpha value is -2.27. The summed E-state index contributed by atoms with van der Waals surface area (Å²) in [5.41, 5.74) is 9.89. The Morgan fingerprint density at radius 3 is 2.46 bits per heavy atom. The maximum Gasteiger partial charge on any atom is 0.185 e. The second kappa shape index (κ2) is 7.53. The van der Waals surface area contributed by atoms with Crippen LogP contribution in [-0.2, 0) is 0 Å². The molecular weight excluding hydrogens is 321 g/mol. The third-order valence-electron chi connectivity index (χ3n) is 4.07. The van der Waals surface area contributed by atoms with Crippen LogP contribution in [0.5, 0.6) is 0 Å². The molecule has 1 aliphatic rings. The number of hydrogen-bond acceptors (Lipinski definition) is 3. The molecule has 0 fully saturated rings. The average Bonchev–Trinajstić information content (AvgIpc) is 2.64. The summed E-state index contributed by atoms with van der Waals surface area (Å²) in [5, 5.41) is 2.59. The molecule has 3 nitrogen and oxygen atoms in total. The van der Waals surface area contributed by atoms with Crippen LogP contribution >= 0.6 is 11.8 Å². The molecule has 2 N–H and O–H groups in total. The van der Waals surface area contributed by atoms with Crippen molar-refractivity contribution in [2.45, 2.75) is 26.2 Å². The molecule has 5 heteroatoms. The van der Waals surface area contributed by atoms with Gasteiger partial charge in [0.05, 0.1) is 5.70 Å². The normalized spacial score (nSPS) is 17.0. The van der Waals surface area contributed by atoms with E-state index in [4.69, 9.17) is 0 Å². The quantitative estimate of drug-likeness (QED) is 0.806. The third kappa shape index (κ3) is 3.79. The molecule has 0 aromatic heterocycles. The predicted octanol–water partition coefficient (Wildman–Crippen LogP) is 5.17. The van der Waals surface area contributed by atoms with Gasteiger partial charge in [0.25, 0.3) is 0 Å². The molecule has 2 aromatic rings. The van der Waals surface area contributed by atoms with E-state index < -0.39 is 0 Å². The number of hydrazine groups is 1. The second-order valence-electron chi connectivity index (χ2n) is 5.70. The van der Waals surface area contributed by atoms with Gasteiger partial charge in [0.1, 0.15) is 11.5 Å². The minimum atomic E-state index is -0.331. The largest absolute Gasteiger partial charge is 0.298 e. The van der Waals surface area contributed by atoms with Crippen molar-refractivity contribution >= 4 is 28.3 Å². The van der Waals surface area contributed by atoms with E-state index in [9.17, 15) is 4.39 Å². The smallest absolute Gasteiger partial charge is 0.185 e. The number of aliphatic imine (C=N–C) groups is 1. The monoisotopic (exact) mass is 341 g/mol. The molecule has 0 bridgehead atoms. The molecule has 0 radical (unpaired) electrons. The lowest BCUT2D eigenvalue weighted by Crippen LogP contribution is -2.36. The number of halogens is 1. The van der Waals surface area contributed by atoms with Gasteiger partial charge in [-0.3, -0.25) is 10.9 Å². The average molecular weight is 341 g/mol. The van der Waals surface area contributed by atoms with Crippen molar-refractivity contribution in [2.75, 3.05) is 0 Å². The van der Waals surface area contributed by atoms with Crippen LogP contribution < -0.4 is 10.9 Å². The highest BCUT2D eigenvalue weighted by molar-refractivity contribution is 8.16. The summed E-state index contributed by atoms with van der Waals surface area (Å²) in [6.45, 7) is 4.43. The zero-order chi connectivity index (χ0) is 16.9. The summed E-state index contributed by atoms with van der Waals surface area (Å²) >= 11 is 1.43. The van der Waals surface area contributed by atoms with E-state index in [0.717, 1.165) is 17.7 Å². The van der Waals surface area contributed by atoms with Crippen molar-refractivity contribution in [2.24, 2.45) is 4.99 Å². The molecule has 0 saturated carbocycles. The van der Waals surface area contributed by atoms with Gasteiger partial charge in [-0.15, -0.1) is 0 Å². The lowest BCUT2D eigenvalue weighted by Gasteiger charge is -2.19. The molecule has 1 aliphatic heterocycles. The third-order valence-corrected chi connectivity index (χ3v) is 4.84. The summed E-state index contributed by atoms with van der Waals surface area (Å²) in [5.74, 6) is 0.238. The Labute approximate surface area is 146 Å². The van der Waals surface area contributed by atoms with Crippen LogP contribution in [0.25, 0.3) is 5.70 Å². The van der Waals surface area contributed by atoms with Gasteiger partial charge in [-0.25, -0.2) is 9.38 Å². The van der Waals surface area contributed by atoms with E-state index in [1.54, 1.807) is 18.2 Å². The topological polar surface area (TPSA) is 36.4 Å². The van der Waals surface area contributed by atoms with E-state index in [-0.39, 0.29) is 5.82 Å². The number of nitrogens with zero attached hydrogens (tertiary/aromatic N) is 1. The maximum atomic E-state index is 13.6. The number of thioether (sulfide) groups is 1. The van der Waals surface area contributed by atoms with Gasteiger partial charge < -0.3 is 0 Å². The maximum absolute atomic E-state index is 13.6. The molecule has 24 heavy (non-hydrogen) atoms. The minimum Gasteiger partial charge on any atom is -0.298 e. The molecule has 3 rings (SSSR count). The van der Waals surface area contributed by atoms with Gasteiger partial charge in [-0.05, 0) is 35.6 Å². The van der Waals surface area contributed by atoms with Crippen LogP contribution in [0.15, 0.2) is 58.9 Å². The summed E-state index contributed by atoms with van der Waals surface area (Å²) in [6.07, 6.45) is 1.13. The van der Waals surface area contributed by atoms with E-state index >= 15 is 0 Å². The fourth-order valence-corrected chi connectivity index (χ4v) is 3.05. The van der Waals surface area contributed by atoms with Gasteiger partial charge in [-0.1, -0.05) is 62.0 Å². The Kier molecular flexibility index (Phi) is 5.20. The zero-order valence-corrected chi connectivity index (χ0v) is 14.5. The zero-order valence-electron chi connectivity index (χ0n) is 13.7. The Balaban J connectivity index is 1.72. The van der Waals surface area contributed by atoms with Crippen LogP contribution in [0.1, 0.15) is 37.3 Å². The molecule has 0 saturated heterocycles. The van der Waals surface area contributed by atoms with Crippen LogP contribution in [0.2, 0.25) is 0 Å². The molecular formula is C19H20FN3S. The summed E-state index contributed by atoms with van der Waals surface area (Å²) in [7, 11) is 0. The van der Waals surface area contributed by atoms with Crippen LogP contribution in [0.4, 0.5) is 10.1 Å². The summed E-state index contributed by atoms with van der Waals surface area (Å²) in [6, 6.07) is 15.0. The van der Waals surface area contributed by atoms with Crippen LogP contribution in [0.3, 0.4) is 0 Å². The highest BCUT2D eigenvalue weighted by atomic mass is 32.2. The van der Waals surface area contributed by atoms with Crippen molar-refractivity contribution in [1.29, 1.82) is 0 Å². The van der Waals surface area contributed by atoms with Crippen molar-refractivity contribution in [1.82, 2.24) is 10.9 Å². The molecule has 2 aromatic carbocycles. The highest BCUT2D eigenvalue weighted by Gasteiger charge is 2.11. The van der Waals surface area contributed by atoms with Gasteiger partial charge in [0.15, 0.2) is 5.17 Å². The lowest BCUT2D eigenvalue weighted by molar-refractivity contribution is 0.630. The van der Waals surface area contributed by atoms with E-state index in [1.165, 1.54) is 23.4 Å². The number of benzene rings is 2. The minimum absolute atomic E-state index is 0.323. The van der Waals surface area contributed by atoms with Crippen molar-refractivity contribution in [3.05, 3.63) is 70.9 Å². The molecule has 0 unspecified atom stereocenters. The number of para-hydroxylation sites is 1. The molecule has 0 amide bonds. The van der Waals surface area contributed by atoms with Crippen molar-refractivity contribution in [3.63, 3.8) is 0 Å². The van der Waals surface area contributed by atoms with Crippen LogP contribution in [-0.4, -0.2) is 5.17 Å². The number of nitrogens with one attached hydrogen (secondary N) is 2. The van der Waals surface area contributed by atoms with Crippen molar-refractivity contribution in [3.8, 4) is 0 Å². The second-order valence-corrected chi connectivity index (χ2v) is 6.56. The first-order valence-corrected chi connectivity index (χ1v) is 8.87. The highest BCUT2D eigenvalue weighted by Crippen LogP contribution is 2.25. The fourth-order valence-electron chi connectivity index (χ4n) is 2.37. The number of rotatable bonds is 4. The van der Waals surface area contributed by atoms with E-state index in [0.29, 0.717) is 16.8 Å². The first-order valence-electron chi connectivity index (χ1n) is 7.99. The number of hydrogen-bond donors (Lipinski definition) is 2. The Morgan fingerprint density at radius 2 is 1.83 bits per heavy atom. The molecule has 124 valence electrons. The Bertz CT molecular complexity index is 768. The molecule has 1 atom stereocenters. The molecule has 0 aliphatic carbocycles. The lowest BCUT2D eigenvalue weighted by atomic mass is 9.97. The van der Waals surface area contributed by atoms with E-state index in [2.05, 4.69) is 54.0 Å². The SMILES string of the molecule is CC[C@H](C)c1ccc(C2=CSC(=Nc3ccccc3F)NN2)cc1. The molecule has 1 heterocycles. The first-order chi connectivity index (χ1) is 11.7. The predicted molar refractivity (Wildman–Crippen MR) is 100 cm³/mol. The van der Waals surface area contributed by atoms with Gasteiger partial charge >= 0.3 is 0 Å². The Morgan fingerprint density at radius 1 is 1.08 bits per heavy atom. The first kappa shape index (κ1) is 16.6. The van der Waals surface area contributed by atoms with Crippen molar-refractivity contribution < 1.29 is 4.39 Å². The number of amidine groups is 1. The van der Waals surface area contributed by atoms with E-state index in [1.807, 2.05) is 5.41 Å². The standard InChI is InChI=1S/C19H20FN3S/c1-3-13(2)14-8-10-15(11-9-14)18-12-24-19(23-22-18)21-17-7-5-4-6-16(17)20/h4-13,22H,3H2,1-2H3,(H,21,23)/t13-/m0/s1. The molecule has 0 spiro atoms. The van der Waals surface area contributed by atoms with Gasteiger partial charge in [0.2, 0.25) is 0 Å². The van der Waals surface area contributed by atoms with Crippen LogP contribution in [0, 0.1) is 5.82 Å².